The quantitative estimate of drug-likeness (QED) is 0.676. The van der Waals surface area contributed by atoms with Crippen LogP contribution in [-0.2, 0) is 14.8 Å². The Morgan fingerprint density at radius 3 is 2.80 bits per heavy atom. The second kappa shape index (κ2) is 9.17. The lowest BCUT2D eigenvalue weighted by atomic mass is 9.96. The number of hydrogen-bond donors (Lipinski definition) is 0. The van der Waals surface area contributed by atoms with Crippen LogP contribution in [-0.4, -0.2) is 64.6 Å². The number of hydrogen-bond acceptors (Lipinski definition) is 7. The Balaban J connectivity index is 1.44. The monoisotopic (exact) mass is 464 g/mol. The van der Waals surface area contributed by atoms with Gasteiger partial charge in [0.2, 0.25) is 15.9 Å². The number of amides is 1. The van der Waals surface area contributed by atoms with Gasteiger partial charge in [0.15, 0.2) is 0 Å². The lowest BCUT2D eigenvalue weighted by molar-refractivity contribution is -0.133. The summed E-state index contributed by atoms with van der Waals surface area (Å²) in [6.45, 7) is 3.19. The molecular weight excluding hydrogens is 440 g/mol. The van der Waals surface area contributed by atoms with Crippen LogP contribution in [0.5, 0.6) is 0 Å². The van der Waals surface area contributed by atoms with Crippen molar-refractivity contribution >= 4 is 45.1 Å². The summed E-state index contributed by atoms with van der Waals surface area (Å²) in [5.74, 6) is 0.940. The minimum atomic E-state index is -3.18. The number of carbonyl (C=O) groups is 1. The topological polar surface area (TPSA) is 83.5 Å². The number of sulfonamides is 1. The Morgan fingerprint density at radius 2 is 2.10 bits per heavy atom. The van der Waals surface area contributed by atoms with Crippen molar-refractivity contribution in [2.45, 2.75) is 19.8 Å². The molecule has 4 rings (SSSR count). The molecule has 0 unspecified atom stereocenters. The first-order chi connectivity index (χ1) is 14.5. The number of piperidine rings is 1. The molecule has 0 saturated carbocycles. The van der Waals surface area contributed by atoms with E-state index in [0.29, 0.717) is 32.5 Å². The molecule has 0 atom stereocenters. The molecule has 0 aromatic carbocycles. The first-order valence-electron chi connectivity index (χ1n) is 9.97. The molecule has 160 valence electrons. The molecule has 0 radical (unpaired) electrons. The van der Waals surface area contributed by atoms with Crippen LogP contribution < -0.4 is 0 Å². The third-order valence-corrected chi connectivity index (χ3v) is 9.17. The van der Waals surface area contributed by atoms with Crippen molar-refractivity contribution in [3.05, 3.63) is 40.6 Å². The van der Waals surface area contributed by atoms with Crippen molar-refractivity contribution in [1.29, 1.82) is 0 Å². The normalized spacial score (nSPS) is 20.2. The predicted molar refractivity (Wildman–Crippen MR) is 121 cm³/mol. The summed E-state index contributed by atoms with van der Waals surface area (Å²) in [6, 6.07) is 3.87. The van der Waals surface area contributed by atoms with Gasteiger partial charge in [0.1, 0.15) is 5.01 Å². The van der Waals surface area contributed by atoms with E-state index in [4.69, 9.17) is 0 Å². The molecule has 0 spiro atoms. The van der Waals surface area contributed by atoms with Gasteiger partial charge in [-0.25, -0.2) is 17.7 Å². The molecule has 1 amide bonds. The van der Waals surface area contributed by atoms with Crippen LogP contribution in [0.15, 0.2) is 34.9 Å². The molecule has 7 nitrogen and oxygen atoms in total. The van der Waals surface area contributed by atoms with Crippen molar-refractivity contribution in [2.75, 3.05) is 31.1 Å². The van der Waals surface area contributed by atoms with Gasteiger partial charge in [-0.1, -0.05) is 0 Å². The number of pyridine rings is 1. The van der Waals surface area contributed by atoms with Gasteiger partial charge in [-0.05, 0) is 38.0 Å². The van der Waals surface area contributed by atoms with E-state index >= 15 is 0 Å². The van der Waals surface area contributed by atoms with Crippen LogP contribution in [0.4, 0.5) is 0 Å². The summed E-state index contributed by atoms with van der Waals surface area (Å²) < 4.78 is 25.6. The smallest absolute Gasteiger partial charge is 0.230 e. The summed E-state index contributed by atoms with van der Waals surface area (Å²) >= 11 is 3.22. The van der Waals surface area contributed by atoms with Gasteiger partial charge in [-0.15, -0.1) is 23.1 Å². The van der Waals surface area contributed by atoms with Crippen molar-refractivity contribution in [3.63, 3.8) is 0 Å². The third kappa shape index (κ3) is 4.61. The zero-order valence-corrected chi connectivity index (χ0v) is 19.2. The van der Waals surface area contributed by atoms with E-state index in [1.54, 1.807) is 42.4 Å². The average molecular weight is 465 g/mol. The Hall–Kier alpha value is -1.75. The SMILES string of the molecule is CCS(=O)(=O)N1CCC(C(=O)N2CCS/C2=C/c2csc(-c3cccnc3)n2)CC1. The number of rotatable bonds is 5. The van der Waals surface area contributed by atoms with Crippen molar-refractivity contribution < 1.29 is 13.2 Å². The average Bonchev–Trinajstić information content (AvgIpc) is 3.44. The molecule has 2 aliphatic heterocycles. The van der Waals surface area contributed by atoms with Gasteiger partial charge in [0.05, 0.1) is 16.5 Å². The predicted octanol–water partition coefficient (Wildman–Crippen LogP) is 3.14. The van der Waals surface area contributed by atoms with Crippen molar-refractivity contribution in [2.24, 2.45) is 5.92 Å². The fraction of sp³-hybridized carbons (Fsp3) is 0.450. The fourth-order valence-electron chi connectivity index (χ4n) is 3.65. The molecule has 4 heterocycles. The standard InChI is InChI=1S/C20H24N4O3S3/c1-2-30(26,27)23-8-5-15(6-9-23)20(25)24-10-11-28-18(24)12-17-14-29-19(22-17)16-4-3-7-21-13-16/h3-4,7,12-15H,2,5-6,8-11H2,1H3/b18-12+. The van der Waals surface area contributed by atoms with E-state index in [1.807, 2.05) is 28.5 Å². The molecule has 0 aliphatic carbocycles. The molecular formula is C20H24N4O3S3. The first-order valence-corrected chi connectivity index (χ1v) is 13.4. The summed E-state index contributed by atoms with van der Waals surface area (Å²) in [7, 11) is -3.18. The summed E-state index contributed by atoms with van der Waals surface area (Å²) in [5, 5.41) is 3.82. The van der Waals surface area contributed by atoms with E-state index in [0.717, 1.165) is 27.0 Å². The number of aromatic nitrogens is 2. The lowest BCUT2D eigenvalue weighted by Crippen LogP contribution is -2.43. The molecule has 30 heavy (non-hydrogen) atoms. The fourth-order valence-corrected chi connectivity index (χ4v) is 6.58. The second-order valence-electron chi connectivity index (χ2n) is 7.21. The van der Waals surface area contributed by atoms with Gasteiger partial charge in [0, 0.05) is 54.6 Å². The maximum absolute atomic E-state index is 13.1. The van der Waals surface area contributed by atoms with Gasteiger partial charge in [0.25, 0.3) is 0 Å². The Morgan fingerprint density at radius 1 is 1.30 bits per heavy atom. The maximum atomic E-state index is 13.1. The summed E-state index contributed by atoms with van der Waals surface area (Å²) in [6.07, 6.45) is 6.66. The van der Waals surface area contributed by atoms with E-state index in [9.17, 15) is 13.2 Å². The van der Waals surface area contributed by atoms with E-state index in [1.165, 1.54) is 4.31 Å². The Labute approximate surface area is 185 Å². The van der Waals surface area contributed by atoms with Crippen LogP contribution in [0.25, 0.3) is 16.6 Å². The largest absolute Gasteiger partial charge is 0.306 e. The van der Waals surface area contributed by atoms with Crippen LogP contribution in [0, 0.1) is 5.92 Å². The maximum Gasteiger partial charge on any atom is 0.230 e. The second-order valence-corrected chi connectivity index (χ2v) is 11.4. The highest BCUT2D eigenvalue weighted by molar-refractivity contribution is 8.03. The number of nitrogens with zero attached hydrogens (tertiary/aromatic N) is 4. The summed E-state index contributed by atoms with van der Waals surface area (Å²) in [5.41, 5.74) is 1.82. The molecule has 0 N–H and O–H groups in total. The minimum Gasteiger partial charge on any atom is -0.306 e. The Kier molecular flexibility index (Phi) is 6.57. The molecule has 2 aliphatic rings. The molecule has 2 aromatic heterocycles. The molecule has 0 bridgehead atoms. The van der Waals surface area contributed by atoms with Crippen LogP contribution in [0.2, 0.25) is 0 Å². The van der Waals surface area contributed by atoms with Crippen molar-refractivity contribution in [1.82, 2.24) is 19.2 Å². The number of carbonyl (C=O) groups excluding carboxylic acids is 1. The van der Waals surface area contributed by atoms with Crippen LogP contribution in [0.3, 0.4) is 0 Å². The highest BCUT2D eigenvalue weighted by Crippen LogP contribution is 2.34. The number of thioether (sulfide) groups is 1. The van der Waals surface area contributed by atoms with Gasteiger partial charge < -0.3 is 4.90 Å². The number of thiazole rings is 1. The molecule has 2 fully saturated rings. The van der Waals surface area contributed by atoms with Gasteiger partial charge in [-0.3, -0.25) is 9.78 Å². The van der Waals surface area contributed by atoms with Crippen LogP contribution in [0.1, 0.15) is 25.5 Å². The highest BCUT2D eigenvalue weighted by Gasteiger charge is 2.35. The van der Waals surface area contributed by atoms with E-state index < -0.39 is 10.0 Å². The Bertz CT molecular complexity index is 1030. The molecule has 2 aromatic rings. The minimum absolute atomic E-state index is 0.0995. The zero-order valence-electron chi connectivity index (χ0n) is 16.7. The highest BCUT2D eigenvalue weighted by atomic mass is 32.2. The van der Waals surface area contributed by atoms with Gasteiger partial charge >= 0.3 is 0 Å². The zero-order chi connectivity index (χ0) is 21.1. The first kappa shape index (κ1) is 21.5. The summed E-state index contributed by atoms with van der Waals surface area (Å²) in [4.78, 5) is 23.8. The van der Waals surface area contributed by atoms with Gasteiger partial charge in [-0.2, -0.15) is 0 Å². The molecule has 2 saturated heterocycles. The molecule has 10 heteroatoms. The van der Waals surface area contributed by atoms with Crippen molar-refractivity contribution in [3.8, 4) is 10.6 Å². The lowest BCUT2D eigenvalue weighted by Gasteiger charge is -2.32. The third-order valence-electron chi connectivity index (χ3n) is 5.36. The van der Waals surface area contributed by atoms with E-state index in [-0.39, 0.29) is 17.6 Å². The van der Waals surface area contributed by atoms with E-state index in [2.05, 4.69) is 9.97 Å². The van der Waals surface area contributed by atoms with Crippen LogP contribution >= 0.6 is 23.1 Å².